The number of hydrogen-bond donors (Lipinski definition) is 0. The molecule has 0 amide bonds. The van der Waals surface area contributed by atoms with Crippen LogP contribution in [0.4, 0.5) is 0 Å². The zero-order valence-electron chi connectivity index (χ0n) is 11.8. The molecule has 1 aliphatic rings. The molecule has 0 aliphatic heterocycles. The standard InChI is InChI=1S/C15H25BrO3/c1-2-19-15(18)12-10-8-6-4-3-5-7-9-11-13(16)14(12)17/h12-13H,2-11H2,1H3. The summed E-state index contributed by atoms with van der Waals surface area (Å²) in [6.07, 6.45) is 9.48. The predicted molar refractivity (Wildman–Crippen MR) is 79.4 cm³/mol. The van der Waals surface area contributed by atoms with Gasteiger partial charge in [-0.25, -0.2) is 0 Å². The van der Waals surface area contributed by atoms with Crippen molar-refractivity contribution >= 4 is 27.7 Å². The van der Waals surface area contributed by atoms with Crippen LogP contribution in [0.1, 0.15) is 64.7 Å². The molecule has 3 nitrogen and oxygen atoms in total. The molecule has 1 saturated carbocycles. The number of halogens is 1. The second kappa shape index (κ2) is 9.51. The first-order valence-corrected chi connectivity index (χ1v) is 8.42. The molecule has 0 aromatic heterocycles. The van der Waals surface area contributed by atoms with Gasteiger partial charge in [-0.2, -0.15) is 0 Å². The highest BCUT2D eigenvalue weighted by Gasteiger charge is 2.31. The number of Topliss-reactive ketones (excluding diaryl/α,β-unsaturated/α-hetero) is 1. The van der Waals surface area contributed by atoms with Crippen LogP contribution >= 0.6 is 15.9 Å². The number of carbonyl (C=O) groups is 2. The van der Waals surface area contributed by atoms with Crippen LogP contribution in [0.3, 0.4) is 0 Å². The van der Waals surface area contributed by atoms with E-state index >= 15 is 0 Å². The number of alkyl halides is 1. The highest BCUT2D eigenvalue weighted by atomic mass is 79.9. The Balaban J connectivity index is 2.64. The van der Waals surface area contributed by atoms with Gasteiger partial charge in [-0.05, 0) is 19.8 Å². The van der Waals surface area contributed by atoms with E-state index in [1.165, 1.54) is 25.7 Å². The summed E-state index contributed by atoms with van der Waals surface area (Å²) < 4.78 is 5.04. The van der Waals surface area contributed by atoms with Gasteiger partial charge >= 0.3 is 5.97 Å². The first kappa shape index (κ1) is 16.7. The van der Waals surface area contributed by atoms with Gasteiger partial charge in [0.25, 0.3) is 0 Å². The second-order valence-electron chi connectivity index (χ2n) is 5.23. The Bertz CT molecular complexity index is 291. The van der Waals surface area contributed by atoms with Gasteiger partial charge in [0.2, 0.25) is 0 Å². The van der Waals surface area contributed by atoms with Crippen molar-refractivity contribution in [2.45, 2.75) is 69.5 Å². The fraction of sp³-hybridized carbons (Fsp3) is 0.867. The SMILES string of the molecule is CCOC(=O)C1CCCCCCCCCC(Br)C1=O. The minimum atomic E-state index is -0.566. The number of ether oxygens (including phenoxy) is 1. The molecule has 0 bridgehead atoms. The molecular weight excluding hydrogens is 308 g/mol. The molecule has 1 rings (SSSR count). The Labute approximate surface area is 124 Å². The normalized spacial score (nSPS) is 27.2. The maximum atomic E-state index is 12.3. The summed E-state index contributed by atoms with van der Waals surface area (Å²) in [7, 11) is 0. The van der Waals surface area contributed by atoms with Gasteiger partial charge in [-0.1, -0.05) is 60.9 Å². The summed E-state index contributed by atoms with van der Waals surface area (Å²) in [5, 5.41) is 0. The lowest BCUT2D eigenvalue weighted by molar-refractivity contribution is -0.151. The summed E-state index contributed by atoms with van der Waals surface area (Å²) in [5.41, 5.74) is 0. The van der Waals surface area contributed by atoms with Crippen molar-refractivity contribution < 1.29 is 14.3 Å². The quantitative estimate of drug-likeness (QED) is 0.435. The molecule has 0 spiro atoms. The largest absolute Gasteiger partial charge is 0.465 e. The van der Waals surface area contributed by atoms with E-state index in [-0.39, 0.29) is 16.6 Å². The zero-order chi connectivity index (χ0) is 14.1. The maximum absolute atomic E-state index is 12.3. The minimum Gasteiger partial charge on any atom is -0.465 e. The van der Waals surface area contributed by atoms with Crippen LogP contribution in [0.2, 0.25) is 0 Å². The summed E-state index contributed by atoms with van der Waals surface area (Å²) in [5.74, 6) is -0.892. The van der Waals surface area contributed by atoms with E-state index in [9.17, 15) is 9.59 Å². The van der Waals surface area contributed by atoms with Gasteiger partial charge in [-0.15, -0.1) is 0 Å². The van der Waals surface area contributed by atoms with Crippen molar-refractivity contribution in [2.24, 2.45) is 5.92 Å². The van der Waals surface area contributed by atoms with E-state index in [0.29, 0.717) is 13.0 Å². The highest BCUT2D eigenvalue weighted by Crippen LogP contribution is 2.23. The van der Waals surface area contributed by atoms with Gasteiger partial charge in [0.1, 0.15) is 5.92 Å². The number of carbonyl (C=O) groups excluding carboxylic acids is 2. The smallest absolute Gasteiger partial charge is 0.316 e. The Hall–Kier alpha value is -0.380. The van der Waals surface area contributed by atoms with E-state index in [1.54, 1.807) is 6.92 Å². The van der Waals surface area contributed by atoms with Gasteiger partial charge < -0.3 is 4.74 Å². The van der Waals surface area contributed by atoms with E-state index in [4.69, 9.17) is 4.74 Å². The molecule has 2 unspecified atom stereocenters. The molecule has 0 saturated heterocycles. The van der Waals surface area contributed by atoms with Crippen LogP contribution in [-0.2, 0) is 14.3 Å². The number of hydrogen-bond acceptors (Lipinski definition) is 3. The molecule has 110 valence electrons. The average Bonchev–Trinajstić information content (AvgIpc) is 2.39. The van der Waals surface area contributed by atoms with Crippen LogP contribution < -0.4 is 0 Å². The third-order valence-electron chi connectivity index (χ3n) is 3.67. The van der Waals surface area contributed by atoms with Crippen molar-refractivity contribution in [1.82, 2.24) is 0 Å². The fourth-order valence-corrected chi connectivity index (χ4v) is 3.18. The van der Waals surface area contributed by atoms with Crippen molar-refractivity contribution in [1.29, 1.82) is 0 Å². The van der Waals surface area contributed by atoms with Crippen LogP contribution in [0.25, 0.3) is 0 Å². The van der Waals surface area contributed by atoms with Crippen molar-refractivity contribution in [3.8, 4) is 0 Å². The first-order valence-electron chi connectivity index (χ1n) is 7.51. The zero-order valence-corrected chi connectivity index (χ0v) is 13.4. The lowest BCUT2D eigenvalue weighted by Crippen LogP contribution is -2.32. The maximum Gasteiger partial charge on any atom is 0.316 e. The van der Waals surface area contributed by atoms with E-state index in [2.05, 4.69) is 15.9 Å². The number of rotatable bonds is 2. The molecule has 0 heterocycles. The second-order valence-corrected chi connectivity index (χ2v) is 6.33. The van der Waals surface area contributed by atoms with Crippen LogP contribution in [-0.4, -0.2) is 23.2 Å². The first-order chi connectivity index (χ1) is 9.16. The molecular formula is C15H25BrO3. The Morgan fingerprint density at radius 2 is 1.63 bits per heavy atom. The fourth-order valence-electron chi connectivity index (χ4n) is 2.54. The Kier molecular flexibility index (Phi) is 8.35. The predicted octanol–water partition coefficient (Wildman–Crippen LogP) is 4.02. The Morgan fingerprint density at radius 1 is 1.11 bits per heavy atom. The lowest BCUT2D eigenvalue weighted by atomic mass is 9.92. The monoisotopic (exact) mass is 332 g/mol. The average molecular weight is 333 g/mol. The van der Waals surface area contributed by atoms with Crippen LogP contribution in [0, 0.1) is 5.92 Å². The number of esters is 1. The van der Waals surface area contributed by atoms with Crippen molar-refractivity contribution in [3.05, 3.63) is 0 Å². The topological polar surface area (TPSA) is 43.4 Å². The molecule has 0 aromatic rings. The van der Waals surface area contributed by atoms with Crippen molar-refractivity contribution in [3.63, 3.8) is 0 Å². The lowest BCUT2D eigenvalue weighted by Gasteiger charge is -2.18. The van der Waals surface area contributed by atoms with Gasteiger partial charge in [0, 0.05) is 0 Å². The molecule has 0 aromatic carbocycles. The van der Waals surface area contributed by atoms with E-state index < -0.39 is 5.92 Å². The third kappa shape index (κ3) is 6.07. The summed E-state index contributed by atoms with van der Waals surface area (Å²) in [4.78, 5) is 24.0. The summed E-state index contributed by atoms with van der Waals surface area (Å²) in [6.45, 7) is 2.12. The van der Waals surface area contributed by atoms with Crippen LogP contribution in [0.15, 0.2) is 0 Å². The van der Waals surface area contributed by atoms with E-state index in [0.717, 1.165) is 25.7 Å². The van der Waals surface area contributed by atoms with Crippen LogP contribution in [0.5, 0.6) is 0 Å². The minimum absolute atomic E-state index is 0.0130. The third-order valence-corrected chi connectivity index (χ3v) is 4.58. The van der Waals surface area contributed by atoms with Gasteiger partial charge in [0.15, 0.2) is 5.78 Å². The molecule has 19 heavy (non-hydrogen) atoms. The number of ketones is 1. The highest BCUT2D eigenvalue weighted by molar-refractivity contribution is 9.10. The summed E-state index contributed by atoms with van der Waals surface area (Å²) >= 11 is 3.45. The summed E-state index contributed by atoms with van der Waals surface area (Å²) in [6, 6.07) is 0. The van der Waals surface area contributed by atoms with Gasteiger partial charge in [0.05, 0.1) is 11.4 Å². The van der Waals surface area contributed by atoms with E-state index in [1.807, 2.05) is 0 Å². The van der Waals surface area contributed by atoms with Crippen molar-refractivity contribution in [2.75, 3.05) is 6.61 Å². The molecule has 1 aliphatic carbocycles. The molecule has 0 radical (unpaired) electrons. The molecule has 1 fully saturated rings. The molecule has 2 atom stereocenters. The Morgan fingerprint density at radius 3 is 2.21 bits per heavy atom. The molecule has 0 N–H and O–H groups in total. The molecule has 4 heteroatoms. The van der Waals surface area contributed by atoms with Gasteiger partial charge in [-0.3, -0.25) is 9.59 Å².